The lowest BCUT2D eigenvalue weighted by Gasteiger charge is -2.14. The molecule has 0 spiro atoms. The molecule has 6 nitrogen and oxygen atoms in total. The maximum atomic E-state index is 14.2. The Morgan fingerprint density at radius 2 is 1.83 bits per heavy atom. The van der Waals surface area contributed by atoms with E-state index in [4.69, 9.17) is 10.5 Å². The lowest BCUT2D eigenvalue weighted by atomic mass is 9.95. The molecule has 4 N–H and O–H groups in total. The van der Waals surface area contributed by atoms with Gasteiger partial charge >= 0.3 is 5.97 Å². The number of nitrogens with one attached hydrogen (secondary N) is 1. The Balaban J connectivity index is 1.66. The van der Waals surface area contributed by atoms with Crippen LogP contribution in [0, 0.1) is 5.82 Å². The number of anilines is 1. The summed E-state index contributed by atoms with van der Waals surface area (Å²) in [6, 6.07) is 17.0. The number of para-hydroxylation sites is 1. The first kappa shape index (κ1) is 24.6. The molecule has 1 aliphatic heterocycles. The van der Waals surface area contributed by atoms with Gasteiger partial charge in [-0.15, -0.1) is 0 Å². The largest absolute Gasteiger partial charge is 0.481 e. The predicted octanol–water partition coefficient (Wildman–Crippen LogP) is 4.94. The molecule has 0 unspecified atom stereocenters. The van der Waals surface area contributed by atoms with E-state index in [9.17, 15) is 19.1 Å². The Kier molecular flexibility index (Phi) is 7.90. The van der Waals surface area contributed by atoms with Crippen molar-refractivity contribution in [3.05, 3.63) is 88.7 Å². The molecule has 0 saturated carbocycles. The van der Waals surface area contributed by atoms with Gasteiger partial charge in [-0.25, -0.2) is 4.39 Å². The number of aliphatic carboxylic acids is 1. The molecule has 0 aliphatic carbocycles. The number of rotatable bonds is 9. The van der Waals surface area contributed by atoms with Crippen LogP contribution < -0.4 is 11.1 Å². The van der Waals surface area contributed by atoms with Crippen molar-refractivity contribution < 1.29 is 23.8 Å². The minimum Gasteiger partial charge on any atom is -0.481 e. The van der Waals surface area contributed by atoms with Gasteiger partial charge in [0, 0.05) is 24.4 Å². The zero-order valence-electron chi connectivity index (χ0n) is 19.4. The minimum atomic E-state index is -0.980. The van der Waals surface area contributed by atoms with Crippen molar-refractivity contribution in [3.8, 4) is 11.1 Å². The number of carbonyl (C=O) groups is 2. The molecule has 1 fully saturated rings. The number of carbonyl (C=O) groups excluding carboxylic acids is 1. The first-order valence-corrected chi connectivity index (χ1v) is 11.8. The molecule has 1 atom stereocenters. The van der Waals surface area contributed by atoms with Crippen LogP contribution in [0.25, 0.3) is 11.1 Å². The van der Waals surface area contributed by atoms with Crippen molar-refractivity contribution in [2.24, 2.45) is 5.73 Å². The van der Waals surface area contributed by atoms with E-state index in [0.29, 0.717) is 39.9 Å². The number of carboxylic acids is 1. The monoisotopic (exact) mass is 476 g/mol. The Labute approximate surface area is 203 Å². The zero-order chi connectivity index (χ0) is 24.8. The summed E-state index contributed by atoms with van der Waals surface area (Å²) in [5.41, 5.74) is 10.1. The summed E-state index contributed by atoms with van der Waals surface area (Å²) in [5, 5.41) is 12.0. The maximum Gasteiger partial charge on any atom is 0.307 e. The third-order valence-corrected chi connectivity index (χ3v) is 6.17. The van der Waals surface area contributed by atoms with Crippen molar-refractivity contribution >= 4 is 17.6 Å². The fourth-order valence-corrected chi connectivity index (χ4v) is 4.42. The maximum absolute atomic E-state index is 14.2. The van der Waals surface area contributed by atoms with Crippen molar-refractivity contribution in [1.29, 1.82) is 0 Å². The van der Waals surface area contributed by atoms with Gasteiger partial charge in [0.25, 0.3) is 5.91 Å². The standard InChI is InChI=1S/C28H29FN2O4/c29-24-13-19(17-30)12-22(15-24)21-10-18(7-8-25-5-3-9-35-25)11-23(14-21)28(34)31-26-6-2-1-4-20(26)16-27(32)33/h1-2,4,6,10-15,25H,3,5,7-9,16-17,30H2,(H,31,34)(H,32,33)/t25-/m1/s1. The molecule has 4 rings (SSSR count). The average Bonchev–Trinajstić information content (AvgIpc) is 3.37. The van der Waals surface area contributed by atoms with Gasteiger partial charge < -0.3 is 20.9 Å². The zero-order valence-corrected chi connectivity index (χ0v) is 19.4. The lowest BCUT2D eigenvalue weighted by molar-refractivity contribution is -0.136. The smallest absolute Gasteiger partial charge is 0.307 e. The van der Waals surface area contributed by atoms with Gasteiger partial charge in [-0.05, 0) is 89.9 Å². The third kappa shape index (κ3) is 6.53. The van der Waals surface area contributed by atoms with Crippen LogP contribution in [0.3, 0.4) is 0 Å². The summed E-state index contributed by atoms with van der Waals surface area (Å²) in [6.07, 6.45) is 3.64. The van der Waals surface area contributed by atoms with E-state index in [1.165, 1.54) is 12.1 Å². The number of aryl methyl sites for hydroxylation is 1. The molecule has 7 heteroatoms. The highest BCUT2D eigenvalue weighted by Gasteiger charge is 2.17. The van der Waals surface area contributed by atoms with Crippen molar-refractivity contribution in [2.75, 3.05) is 11.9 Å². The Morgan fingerprint density at radius 1 is 1.06 bits per heavy atom. The fourth-order valence-electron chi connectivity index (χ4n) is 4.42. The molecular formula is C28H29FN2O4. The highest BCUT2D eigenvalue weighted by molar-refractivity contribution is 6.05. The molecule has 35 heavy (non-hydrogen) atoms. The van der Waals surface area contributed by atoms with Gasteiger partial charge in [-0.3, -0.25) is 9.59 Å². The van der Waals surface area contributed by atoms with Gasteiger partial charge in [0.15, 0.2) is 0 Å². The van der Waals surface area contributed by atoms with Crippen LogP contribution in [0.1, 0.15) is 46.3 Å². The quantitative estimate of drug-likeness (QED) is 0.406. The summed E-state index contributed by atoms with van der Waals surface area (Å²) in [4.78, 5) is 24.5. The van der Waals surface area contributed by atoms with Gasteiger partial charge in [-0.2, -0.15) is 0 Å². The predicted molar refractivity (Wildman–Crippen MR) is 133 cm³/mol. The first-order chi connectivity index (χ1) is 16.9. The molecule has 0 bridgehead atoms. The van der Waals surface area contributed by atoms with Crippen LogP contribution in [0.15, 0.2) is 60.7 Å². The molecule has 1 saturated heterocycles. The van der Waals surface area contributed by atoms with E-state index in [0.717, 1.165) is 31.4 Å². The van der Waals surface area contributed by atoms with Crippen molar-refractivity contribution in [2.45, 2.75) is 44.8 Å². The van der Waals surface area contributed by atoms with Gasteiger partial charge in [0.1, 0.15) is 5.82 Å². The first-order valence-electron chi connectivity index (χ1n) is 11.8. The number of ether oxygens (including phenoxy) is 1. The summed E-state index contributed by atoms with van der Waals surface area (Å²) in [7, 11) is 0. The summed E-state index contributed by atoms with van der Waals surface area (Å²) in [5.74, 6) is -1.73. The van der Waals surface area contributed by atoms with Crippen LogP contribution in [0.2, 0.25) is 0 Å². The van der Waals surface area contributed by atoms with Gasteiger partial charge in [0.2, 0.25) is 0 Å². The van der Waals surface area contributed by atoms with Gasteiger partial charge in [0.05, 0.1) is 12.5 Å². The van der Waals surface area contributed by atoms with E-state index >= 15 is 0 Å². The molecule has 3 aromatic rings. The summed E-state index contributed by atoms with van der Waals surface area (Å²) < 4.78 is 20.0. The summed E-state index contributed by atoms with van der Waals surface area (Å²) >= 11 is 0. The van der Waals surface area contributed by atoms with Crippen LogP contribution in [-0.4, -0.2) is 29.7 Å². The molecule has 1 amide bonds. The average molecular weight is 477 g/mol. The highest BCUT2D eigenvalue weighted by Crippen LogP contribution is 2.27. The van der Waals surface area contributed by atoms with Crippen LogP contribution in [0.4, 0.5) is 10.1 Å². The van der Waals surface area contributed by atoms with E-state index in [-0.39, 0.29) is 30.8 Å². The number of halogens is 1. The topological polar surface area (TPSA) is 102 Å². The Hall–Kier alpha value is -3.55. The second kappa shape index (κ2) is 11.3. The number of benzene rings is 3. The number of amides is 1. The molecule has 3 aromatic carbocycles. The van der Waals surface area contributed by atoms with Crippen LogP contribution >= 0.6 is 0 Å². The summed E-state index contributed by atoms with van der Waals surface area (Å²) in [6.45, 7) is 0.983. The lowest BCUT2D eigenvalue weighted by Crippen LogP contribution is -2.15. The van der Waals surface area contributed by atoms with E-state index in [1.807, 2.05) is 18.2 Å². The number of carboxylic acid groups (broad SMARTS) is 1. The highest BCUT2D eigenvalue weighted by atomic mass is 19.1. The third-order valence-electron chi connectivity index (χ3n) is 6.17. The van der Waals surface area contributed by atoms with Crippen LogP contribution in [-0.2, 0) is 28.9 Å². The van der Waals surface area contributed by atoms with E-state index in [1.54, 1.807) is 30.3 Å². The van der Waals surface area contributed by atoms with Crippen molar-refractivity contribution in [3.63, 3.8) is 0 Å². The molecule has 0 aromatic heterocycles. The Morgan fingerprint density at radius 3 is 2.57 bits per heavy atom. The normalized spacial score (nSPS) is 15.2. The molecule has 1 heterocycles. The number of nitrogens with two attached hydrogens (primary N) is 1. The number of hydrogen-bond donors (Lipinski definition) is 3. The second-order valence-electron chi connectivity index (χ2n) is 8.83. The minimum absolute atomic E-state index is 0.200. The number of hydrogen-bond acceptors (Lipinski definition) is 4. The van der Waals surface area contributed by atoms with E-state index in [2.05, 4.69) is 5.32 Å². The molecule has 0 radical (unpaired) electrons. The fraction of sp³-hybridized carbons (Fsp3) is 0.286. The van der Waals surface area contributed by atoms with Gasteiger partial charge in [-0.1, -0.05) is 24.3 Å². The molecular weight excluding hydrogens is 447 g/mol. The van der Waals surface area contributed by atoms with Crippen LogP contribution in [0.5, 0.6) is 0 Å². The SMILES string of the molecule is NCc1cc(F)cc(-c2cc(CC[C@H]3CCCO3)cc(C(=O)Nc3ccccc3CC(=O)O)c2)c1. The van der Waals surface area contributed by atoms with Crippen molar-refractivity contribution in [1.82, 2.24) is 0 Å². The molecule has 1 aliphatic rings. The second-order valence-corrected chi connectivity index (χ2v) is 8.83. The van der Waals surface area contributed by atoms with E-state index < -0.39 is 5.97 Å². The molecule has 182 valence electrons. The Bertz CT molecular complexity index is 1220.